The summed E-state index contributed by atoms with van der Waals surface area (Å²) in [6, 6.07) is 10.3. The molecule has 1 N–H and O–H groups in total. The number of thiazole rings is 1. The zero-order valence-electron chi connectivity index (χ0n) is 11.8. The molecule has 0 aliphatic carbocycles. The zero-order chi connectivity index (χ0) is 14.5. The first-order chi connectivity index (χ1) is 9.61. The van der Waals surface area contributed by atoms with E-state index in [4.69, 9.17) is 4.74 Å². The molecule has 0 saturated heterocycles. The first kappa shape index (κ1) is 14.5. The molecule has 20 heavy (non-hydrogen) atoms. The minimum atomic E-state index is -0.386. The summed E-state index contributed by atoms with van der Waals surface area (Å²) in [5.41, 5.74) is 1.67. The van der Waals surface area contributed by atoms with Crippen LogP contribution < -0.4 is 5.32 Å². The maximum absolute atomic E-state index is 11.5. The molecular formula is C15H18N2O2S. The molecule has 1 heterocycles. The van der Waals surface area contributed by atoms with Crippen LogP contribution in [0.15, 0.2) is 30.3 Å². The van der Waals surface area contributed by atoms with E-state index in [1.54, 1.807) is 0 Å². The molecule has 1 unspecified atom stereocenters. The monoisotopic (exact) mass is 290 g/mol. The smallest absolute Gasteiger partial charge is 0.357 e. The number of carbonyl (C=O) groups is 1. The van der Waals surface area contributed by atoms with Gasteiger partial charge in [-0.05, 0) is 18.4 Å². The Kier molecular flexibility index (Phi) is 4.74. The van der Waals surface area contributed by atoms with E-state index in [1.807, 2.05) is 25.1 Å². The lowest BCUT2D eigenvalue weighted by atomic mass is 10.0. The van der Waals surface area contributed by atoms with Crippen molar-refractivity contribution in [1.29, 1.82) is 0 Å². The summed E-state index contributed by atoms with van der Waals surface area (Å²) in [7, 11) is 1.37. The van der Waals surface area contributed by atoms with Gasteiger partial charge in [-0.1, -0.05) is 37.3 Å². The molecule has 0 amide bonds. The number of ether oxygens (including phenoxy) is 1. The average molecular weight is 290 g/mol. The molecule has 0 spiro atoms. The summed E-state index contributed by atoms with van der Waals surface area (Å²) in [5, 5.41) is 4.04. The molecule has 0 saturated carbocycles. The fourth-order valence-corrected chi connectivity index (χ4v) is 2.71. The molecule has 0 fully saturated rings. The van der Waals surface area contributed by atoms with Crippen molar-refractivity contribution in [3.63, 3.8) is 0 Å². The molecular weight excluding hydrogens is 272 g/mol. The highest BCUT2D eigenvalue weighted by Gasteiger charge is 2.16. The standard InChI is InChI=1S/C15H18N2O2S/c1-10(12-7-5-4-6-8-12)9-16-15-17-13(11(2)20-15)14(18)19-3/h4-8,10H,9H2,1-3H3,(H,16,17). The summed E-state index contributed by atoms with van der Waals surface area (Å²) in [6.07, 6.45) is 0. The number of anilines is 1. The molecule has 2 rings (SSSR count). The van der Waals surface area contributed by atoms with E-state index in [2.05, 4.69) is 29.4 Å². The number of hydrogen-bond donors (Lipinski definition) is 1. The highest BCUT2D eigenvalue weighted by Crippen LogP contribution is 2.24. The Morgan fingerprint density at radius 1 is 1.40 bits per heavy atom. The SMILES string of the molecule is COC(=O)c1nc(NCC(C)c2ccccc2)sc1C. The molecule has 4 nitrogen and oxygen atoms in total. The van der Waals surface area contributed by atoms with Gasteiger partial charge in [-0.2, -0.15) is 0 Å². The van der Waals surface area contributed by atoms with Crippen LogP contribution >= 0.6 is 11.3 Å². The Morgan fingerprint density at radius 3 is 2.75 bits per heavy atom. The Morgan fingerprint density at radius 2 is 2.10 bits per heavy atom. The van der Waals surface area contributed by atoms with Crippen LogP contribution in [0.5, 0.6) is 0 Å². The lowest BCUT2D eigenvalue weighted by Gasteiger charge is -2.12. The predicted octanol–water partition coefficient (Wildman–Crippen LogP) is 3.45. The van der Waals surface area contributed by atoms with Gasteiger partial charge in [-0.3, -0.25) is 0 Å². The van der Waals surface area contributed by atoms with Gasteiger partial charge in [-0.25, -0.2) is 9.78 Å². The number of carbonyl (C=O) groups excluding carboxylic acids is 1. The third kappa shape index (κ3) is 3.36. The van der Waals surface area contributed by atoms with E-state index >= 15 is 0 Å². The van der Waals surface area contributed by atoms with Gasteiger partial charge in [0, 0.05) is 11.4 Å². The second kappa shape index (κ2) is 6.52. The number of benzene rings is 1. The van der Waals surface area contributed by atoms with Crippen LogP contribution in [0.1, 0.15) is 33.8 Å². The van der Waals surface area contributed by atoms with Crippen LogP contribution in [0.3, 0.4) is 0 Å². The first-order valence-corrected chi connectivity index (χ1v) is 7.28. The topological polar surface area (TPSA) is 51.2 Å². The number of nitrogens with zero attached hydrogens (tertiary/aromatic N) is 1. The van der Waals surface area contributed by atoms with Crippen molar-refractivity contribution in [3.8, 4) is 0 Å². The number of esters is 1. The number of aromatic nitrogens is 1. The lowest BCUT2D eigenvalue weighted by molar-refractivity contribution is 0.0594. The minimum Gasteiger partial charge on any atom is -0.464 e. The number of methoxy groups -OCH3 is 1. The number of nitrogens with one attached hydrogen (secondary N) is 1. The molecule has 1 aromatic heterocycles. The molecule has 1 aromatic carbocycles. The van der Waals surface area contributed by atoms with Gasteiger partial charge in [-0.15, -0.1) is 11.3 Å². The van der Waals surface area contributed by atoms with Gasteiger partial charge >= 0.3 is 5.97 Å². The van der Waals surface area contributed by atoms with Gasteiger partial charge in [0.05, 0.1) is 7.11 Å². The quantitative estimate of drug-likeness (QED) is 0.857. The lowest BCUT2D eigenvalue weighted by Crippen LogP contribution is -2.10. The van der Waals surface area contributed by atoms with Crippen molar-refractivity contribution < 1.29 is 9.53 Å². The molecule has 0 bridgehead atoms. The zero-order valence-corrected chi connectivity index (χ0v) is 12.7. The van der Waals surface area contributed by atoms with Crippen LogP contribution in [0.25, 0.3) is 0 Å². The van der Waals surface area contributed by atoms with Gasteiger partial charge in [0.15, 0.2) is 10.8 Å². The minimum absolute atomic E-state index is 0.377. The van der Waals surface area contributed by atoms with Crippen LogP contribution in [-0.2, 0) is 4.74 Å². The fourth-order valence-electron chi connectivity index (χ4n) is 1.90. The highest BCUT2D eigenvalue weighted by molar-refractivity contribution is 7.15. The largest absolute Gasteiger partial charge is 0.464 e. The predicted molar refractivity (Wildman–Crippen MR) is 81.5 cm³/mol. The second-order valence-corrected chi connectivity index (χ2v) is 5.81. The molecule has 106 valence electrons. The Labute approximate surface area is 122 Å². The Hall–Kier alpha value is -1.88. The summed E-state index contributed by atoms with van der Waals surface area (Å²) < 4.78 is 4.70. The number of rotatable bonds is 5. The van der Waals surface area contributed by atoms with Crippen LogP contribution in [0.2, 0.25) is 0 Å². The van der Waals surface area contributed by atoms with Crippen molar-refractivity contribution >= 4 is 22.4 Å². The maximum atomic E-state index is 11.5. The maximum Gasteiger partial charge on any atom is 0.357 e. The third-order valence-corrected chi connectivity index (χ3v) is 4.03. The molecule has 0 aliphatic heterocycles. The van der Waals surface area contributed by atoms with E-state index in [-0.39, 0.29) is 5.97 Å². The Bertz CT molecular complexity index is 581. The van der Waals surface area contributed by atoms with E-state index < -0.39 is 0 Å². The number of hydrogen-bond acceptors (Lipinski definition) is 5. The van der Waals surface area contributed by atoms with Gasteiger partial charge < -0.3 is 10.1 Å². The molecule has 0 aliphatic rings. The summed E-state index contributed by atoms with van der Waals surface area (Å²) in [5.74, 6) is -0.00936. The first-order valence-electron chi connectivity index (χ1n) is 6.46. The molecule has 2 aromatic rings. The molecule has 5 heteroatoms. The van der Waals surface area contributed by atoms with E-state index in [9.17, 15) is 4.79 Å². The molecule has 1 atom stereocenters. The van der Waals surface area contributed by atoms with Crippen molar-refractivity contribution in [3.05, 3.63) is 46.5 Å². The second-order valence-electron chi connectivity index (χ2n) is 4.61. The summed E-state index contributed by atoms with van der Waals surface area (Å²) in [4.78, 5) is 16.6. The molecule has 0 radical (unpaired) electrons. The van der Waals surface area contributed by atoms with Crippen LogP contribution in [0.4, 0.5) is 5.13 Å². The van der Waals surface area contributed by atoms with Crippen LogP contribution in [0, 0.1) is 6.92 Å². The van der Waals surface area contributed by atoms with Crippen molar-refractivity contribution in [2.45, 2.75) is 19.8 Å². The van der Waals surface area contributed by atoms with Gasteiger partial charge in [0.25, 0.3) is 0 Å². The van der Waals surface area contributed by atoms with Crippen LogP contribution in [-0.4, -0.2) is 24.6 Å². The van der Waals surface area contributed by atoms with Crippen molar-refractivity contribution in [2.24, 2.45) is 0 Å². The number of aryl methyl sites for hydroxylation is 1. The van der Waals surface area contributed by atoms with E-state index in [1.165, 1.54) is 24.0 Å². The van der Waals surface area contributed by atoms with E-state index in [0.29, 0.717) is 11.6 Å². The van der Waals surface area contributed by atoms with Gasteiger partial charge in [0.2, 0.25) is 0 Å². The van der Waals surface area contributed by atoms with E-state index in [0.717, 1.165) is 16.6 Å². The van der Waals surface area contributed by atoms with Crippen molar-refractivity contribution in [1.82, 2.24) is 4.98 Å². The third-order valence-electron chi connectivity index (χ3n) is 3.10. The fraction of sp³-hybridized carbons (Fsp3) is 0.333. The normalized spacial score (nSPS) is 11.9. The summed E-state index contributed by atoms with van der Waals surface area (Å²) >= 11 is 1.47. The average Bonchev–Trinajstić information content (AvgIpc) is 2.86. The van der Waals surface area contributed by atoms with Crippen molar-refractivity contribution in [2.75, 3.05) is 19.0 Å². The Balaban J connectivity index is 1.99. The van der Waals surface area contributed by atoms with Gasteiger partial charge in [0.1, 0.15) is 0 Å². The highest BCUT2D eigenvalue weighted by atomic mass is 32.1. The summed E-state index contributed by atoms with van der Waals surface area (Å²) in [6.45, 7) is 4.80.